The summed E-state index contributed by atoms with van der Waals surface area (Å²) in [7, 11) is 0. The van der Waals surface area contributed by atoms with Crippen LogP contribution in [0.3, 0.4) is 0 Å². The van der Waals surface area contributed by atoms with E-state index < -0.39 is 23.0 Å². The molecule has 0 bridgehead atoms. The summed E-state index contributed by atoms with van der Waals surface area (Å²) < 4.78 is 13.9. The predicted octanol–water partition coefficient (Wildman–Crippen LogP) is 0.783. The summed E-state index contributed by atoms with van der Waals surface area (Å²) in [6.07, 6.45) is 4.13. The van der Waals surface area contributed by atoms with E-state index in [2.05, 4.69) is 20.5 Å². The lowest BCUT2D eigenvalue weighted by Crippen LogP contribution is -2.33. The number of nitrogens with one attached hydrogen (secondary N) is 2. The van der Waals surface area contributed by atoms with Gasteiger partial charge in [0.1, 0.15) is 11.4 Å². The number of carbonyl (C=O) groups is 1. The number of hydrogen-bond acceptors (Lipinski definition) is 6. The van der Waals surface area contributed by atoms with E-state index in [1.807, 2.05) is 0 Å². The van der Waals surface area contributed by atoms with Crippen molar-refractivity contribution >= 4 is 12.1 Å². The number of nitrogens with zero attached hydrogens (tertiary/aromatic N) is 3. The average Bonchev–Trinajstić information content (AvgIpc) is 2.72. The minimum absolute atomic E-state index is 0.0390. The number of benzene rings is 1. The first kappa shape index (κ1) is 19.7. The van der Waals surface area contributed by atoms with Gasteiger partial charge in [-0.3, -0.25) is 24.1 Å². The van der Waals surface area contributed by atoms with Gasteiger partial charge in [-0.15, -0.1) is 0 Å². The van der Waals surface area contributed by atoms with Crippen molar-refractivity contribution < 1.29 is 14.3 Å². The fraction of sp³-hybridized carbons (Fsp3) is 0.105. The molecule has 3 rings (SSSR count). The summed E-state index contributed by atoms with van der Waals surface area (Å²) >= 11 is 0. The molecule has 0 aliphatic carbocycles. The van der Waals surface area contributed by atoms with Crippen LogP contribution >= 0.6 is 0 Å². The van der Waals surface area contributed by atoms with Crippen LogP contribution in [0, 0.1) is 5.82 Å². The largest absolute Gasteiger partial charge is 0.494 e. The standard InChI is InChI=1S/C19H16FN5O4/c20-14-3-1-12(2-4-14)7-10-25-18(28)15(17(27)23-19(25)29)11-22-24-16(26)13-5-8-21-9-6-13/h1-6,8-9,11,28H,7,10H2,(H,24,26)(H,23,27,29)/b22-11-. The molecule has 0 spiro atoms. The molecule has 3 N–H and O–H groups in total. The highest BCUT2D eigenvalue weighted by atomic mass is 19.1. The molecule has 0 saturated heterocycles. The van der Waals surface area contributed by atoms with Crippen molar-refractivity contribution in [1.82, 2.24) is 20.0 Å². The molecular weight excluding hydrogens is 381 g/mol. The van der Waals surface area contributed by atoms with Gasteiger partial charge >= 0.3 is 5.69 Å². The number of hydrogen-bond donors (Lipinski definition) is 3. The molecule has 29 heavy (non-hydrogen) atoms. The minimum atomic E-state index is -0.854. The van der Waals surface area contributed by atoms with E-state index >= 15 is 0 Å². The normalized spacial score (nSPS) is 10.9. The van der Waals surface area contributed by atoms with Crippen LogP contribution in [0.5, 0.6) is 5.88 Å². The van der Waals surface area contributed by atoms with E-state index in [0.29, 0.717) is 12.0 Å². The van der Waals surface area contributed by atoms with Gasteiger partial charge in [-0.25, -0.2) is 14.6 Å². The molecule has 1 aromatic carbocycles. The van der Waals surface area contributed by atoms with Crippen molar-refractivity contribution in [3.05, 3.63) is 92.1 Å². The van der Waals surface area contributed by atoms with Gasteiger partial charge < -0.3 is 5.11 Å². The molecular formula is C19H16FN5O4. The Morgan fingerprint density at radius 2 is 1.90 bits per heavy atom. The van der Waals surface area contributed by atoms with Crippen LogP contribution in [0.25, 0.3) is 0 Å². The van der Waals surface area contributed by atoms with E-state index in [4.69, 9.17) is 0 Å². The minimum Gasteiger partial charge on any atom is -0.494 e. The first-order chi connectivity index (χ1) is 14.0. The van der Waals surface area contributed by atoms with Gasteiger partial charge in [0.05, 0.1) is 6.21 Å². The highest BCUT2D eigenvalue weighted by Gasteiger charge is 2.13. The molecule has 3 aromatic rings. The topological polar surface area (TPSA) is 129 Å². The van der Waals surface area contributed by atoms with Crippen molar-refractivity contribution in [1.29, 1.82) is 0 Å². The first-order valence-electron chi connectivity index (χ1n) is 8.49. The summed E-state index contributed by atoms with van der Waals surface area (Å²) in [6.45, 7) is 0.0390. The second-order valence-corrected chi connectivity index (χ2v) is 5.96. The maximum atomic E-state index is 13.0. The molecule has 1 amide bonds. The predicted molar refractivity (Wildman–Crippen MR) is 102 cm³/mol. The molecule has 148 valence electrons. The number of amides is 1. The maximum Gasteiger partial charge on any atom is 0.331 e. The molecule has 2 heterocycles. The Labute approximate surface area is 163 Å². The van der Waals surface area contributed by atoms with Crippen LogP contribution in [0.4, 0.5) is 4.39 Å². The summed E-state index contributed by atoms with van der Waals surface area (Å²) in [5.74, 6) is -1.52. The second-order valence-electron chi connectivity index (χ2n) is 5.96. The molecule has 0 saturated carbocycles. The number of carbonyl (C=O) groups excluding carboxylic acids is 1. The van der Waals surface area contributed by atoms with Gasteiger partial charge in [0.15, 0.2) is 0 Å². The lowest BCUT2D eigenvalue weighted by molar-refractivity contribution is 0.0955. The van der Waals surface area contributed by atoms with Crippen molar-refractivity contribution in [3.63, 3.8) is 0 Å². The van der Waals surface area contributed by atoms with Gasteiger partial charge in [0, 0.05) is 24.5 Å². The zero-order chi connectivity index (χ0) is 20.8. The number of halogens is 1. The van der Waals surface area contributed by atoms with E-state index in [9.17, 15) is 23.9 Å². The zero-order valence-electron chi connectivity index (χ0n) is 15.0. The van der Waals surface area contributed by atoms with Crippen molar-refractivity contribution in [2.75, 3.05) is 0 Å². The Bertz CT molecular complexity index is 1150. The Kier molecular flexibility index (Phi) is 5.93. The molecule has 0 unspecified atom stereocenters. The van der Waals surface area contributed by atoms with E-state index in [1.54, 1.807) is 12.1 Å². The zero-order valence-corrected chi connectivity index (χ0v) is 15.0. The Hall–Kier alpha value is -4.08. The van der Waals surface area contributed by atoms with Gasteiger partial charge in [0.2, 0.25) is 5.88 Å². The van der Waals surface area contributed by atoms with Crippen LogP contribution in [0.1, 0.15) is 21.5 Å². The van der Waals surface area contributed by atoms with Crippen molar-refractivity contribution in [2.45, 2.75) is 13.0 Å². The Balaban J connectivity index is 1.77. The highest BCUT2D eigenvalue weighted by molar-refractivity contribution is 5.94. The molecule has 0 atom stereocenters. The lowest BCUT2D eigenvalue weighted by atomic mass is 10.1. The third-order valence-electron chi connectivity index (χ3n) is 4.05. The molecule has 9 nitrogen and oxygen atoms in total. The molecule has 2 aromatic heterocycles. The number of hydrazone groups is 1. The molecule has 0 fully saturated rings. The molecule has 0 radical (unpaired) electrons. The van der Waals surface area contributed by atoms with Crippen LogP contribution in [0.15, 0.2) is 63.5 Å². The monoisotopic (exact) mass is 397 g/mol. The Morgan fingerprint density at radius 1 is 1.21 bits per heavy atom. The third-order valence-corrected chi connectivity index (χ3v) is 4.05. The summed E-state index contributed by atoms with van der Waals surface area (Å²) in [5.41, 5.74) is 1.31. The smallest absolute Gasteiger partial charge is 0.331 e. The van der Waals surface area contributed by atoms with Crippen LogP contribution in [-0.2, 0) is 13.0 Å². The number of aromatic nitrogens is 3. The quantitative estimate of drug-likeness (QED) is 0.418. The van der Waals surface area contributed by atoms with E-state index in [1.165, 1.54) is 36.7 Å². The number of aryl methyl sites for hydroxylation is 1. The van der Waals surface area contributed by atoms with Crippen LogP contribution < -0.4 is 16.7 Å². The maximum absolute atomic E-state index is 13.0. The van der Waals surface area contributed by atoms with Crippen molar-refractivity contribution in [2.24, 2.45) is 5.10 Å². The van der Waals surface area contributed by atoms with Crippen molar-refractivity contribution in [3.8, 4) is 5.88 Å². The highest BCUT2D eigenvalue weighted by Crippen LogP contribution is 2.10. The van der Waals surface area contributed by atoms with Gasteiger partial charge in [-0.05, 0) is 36.2 Å². The van der Waals surface area contributed by atoms with Gasteiger partial charge in [-0.1, -0.05) is 12.1 Å². The number of aromatic amines is 1. The van der Waals surface area contributed by atoms with Crippen LogP contribution in [-0.4, -0.2) is 31.8 Å². The number of rotatable bonds is 6. The number of pyridine rings is 1. The molecule has 10 heteroatoms. The Morgan fingerprint density at radius 3 is 2.59 bits per heavy atom. The fourth-order valence-electron chi connectivity index (χ4n) is 2.51. The first-order valence-corrected chi connectivity index (χ1v) is 8.49. The number of H-pyrrole nitrogens is 1. The van der Waals surface area contributed by atoms with E-state index in [-0.39, 0.29) is 17.9 Å². The van der Waals surface area contributed by atoms with Gasteiger partial charge in [-0.2, -0.15) is 5.10 Å². The average molecular weight is 397 g/mol. The third kappa shape index (κ3) is 4.80. The molecule has 0 aliphatic heterocycles. The summed E-state index contributed by atoms with van der Waals surface area (Å²) in [4.78, 5) is 41.8. The molecule has 0 aliphatic rings. The summed E-state index contributed by atoms with van der Waals surface area (Å²) in [5, 5.41) is 14.0. The van der Waals surface area contributed by atoms with Gasteiger partial charge in [0.25, 0.3) is 11.5 Å². The fourth-order valence-corrected chi connectivity index (χ4v) is 2.51. The second kappa shape index (κ2) is 8.74. The SMILES string of the molecule is O=C(N/N=C\c1c(O)n(CCc2ccc(F)cc2)c(=O)[nH]c1=O)c1ccncc1. The van der Waals surface area contributed by atoms with E-state index in [0.717, 1.165) is 16.3 Å². The van der Waals surface area contributed by atoms with Crippen LogP contribution in [0.2, 0.25) is 0 Å². The summed E-state index contributed by atoms with van der Waals surface area (Å²) in [6, 6.07) is 8.64. The lowest BCUT2D eigenvalue weighted by Gasteiger charge is -2.09. The number of aromatic hydroxyl groups is 1.